The molecule has 5 heteroatoms. The Labute approximate surface area is 119 Å². The van der Waals surface area contributed by atoms with Crippen LogP contribution in [0.2, 0.25) is 0 Å². The predicted octanol–water partition coefficient (Wildman–Crippen LogP) is 1.90. The van der Waals surface area contributed by atoms with Crippen LogP contribution in [0.4, 0.5) is 0 Å². The molecule has 20 heavy (non-hydrogen) atoms. The number of rotatable bonds is 3. The summed E-state index contributed by atoms with van der Waals surface area (Å²) >= 11 is 0. The molecule has 2 heterocycles. The molecular weight excluding hydrogens is 272 g/mol. The Morgan fingerprint density at radius 2 is 2.10 bits per heavy atom. The molecule has 0 bridgehead atoms. The summed E-state index contributed by atoms with van der Waals surface area (Å²) in [5, 5.41) is 5.68. The van der Waals surface area contributed by atoms with Gasteiger partial charge in [0, 0.05) is 29.9 Å². The predicted molar refractivity (Wildman–Crippen MR) is 80.3 cm³/mol. The lowest BCUT2D eigenvalue weighted by Crippen LogP contribution is -2.42. The topological polar surface area (TPSA) is 59.1 Å². The summed E-state index contributed by atoms with van der Waals surface area (Å²) in [6.45, 7) is 2.62. The quantitative estimate of drug-likeness (QED) is 0.938. The molecule has 0 saturated carbocycles. The fourth-order valence-corrected chi connectivity index (χ4v) is 4.90. The molecule has 1 aliphatic rings. The molecule has 2 aromatic rings. The van der Waals surface area contributed by atoms with Crippen LogP contribution in [-0.2, 0) is 16.4 Å². The highest BCUT2D eigenvalue weighted by molar-refractivity contribution is 7.91. The van der Waals surface area contributed by atoms with Gasteiger partial charge in [0.1, 0.15) is 0 Å². The van der Waals surface area contributed by atoms with E-state index in [9.17, 15) is 8.42 Å². The minimum absolute atomic E-state index is 0.220. The van der Waals surface area contributed by atoms with Crippen LogP contribution >= 0.6 is 0 Å². The van der Waals surface area contributed by atoms with E-state index in [1.165, 1.54) is 5.39 Å². The van der Waals surface area contributed by atoms with Crippen molar-refractivity contribution in [2.75, 3.05) is 11.5 Å². The van der Waals surface area contributed by atoms with Crippen LogP contribution in [0, 0.1) is 0 Å². The number of hydrogen-bond acceptors (Lipinski definition) is 4. The first-order valence-corrected chi connectivity index (χ1v) is 8.57. The number of fused-ring (bicyclic) bond motifs is 1. The summed E-state index contributed by atoms with van der Waals surface area (Å²) in [6.07, 6.45) is 4.37. The van der Waals surface area contributed by atoms with Crippen molar-refractivity contribution in [3.8, 4) is 0 Å². The Kier molecular flexibility index (Phi) is 3.26. The van der Waals surface area contributed by atoms with Crippen LogP contribution < -0.4 is 5.32 Å². The van der Waals surface area contributed by atoms with Crippen LogP contribution in [0.5, 0.6) is 0 Å². The van der Waals surface area contributed by atoms with E-state index in [0.29, 0.717) is 13.0 Å². The summed E-state index contributed by atoms with van der Waals surface area (Å²) in [4.78, 5) is 4.25. The van der Waals surface area contributed by atoms with Gasteiger partial charge in [0.05, 0.1) is 11.5 Å². The number of hydrogen-bond donors (Lipinski definition) is 1. The third kappa shape index (κ3) is 2.69. The van der Waals surface area contributed by atoms with Gasteiger partial charge < -0.3 is 5.32 Å². The smallest absolute Gasteiger partial charge is 0.152 e. The third-order valence-corrected chi connectivity index (χ3v) is 5.86. The van der Waals surface area contributed by atoms with Gasteiger partial charge in [-0.1, -0.05) is 24.3 Å². The number of aromatic nitrogens is 1. The van der Waals surface area contributed by atoms with Crippen LogP contribution in [0.1, 0.15) is 18.9 Å². The Hall–Kier alpha value is -1.46. The number of nitrogens with one attached hydrogen (secondary N) is 1. The van der Waals surface area contributed by atoms with Gasteiger partial charge >= 0.3 is 0 Å². The number of nitrogens with zero attached hydrogens (tertiary/aromatic N) is 1. The molecule has 0 spiro atoms. The second kappa shape index (κ2) is 4.82. The van der Waals surface area contributed by atoms with Crippen LogP contribution in [-0.4, -0.2) is 30.4 Å². The molecule has 1 atom stereocenters. The molecule has 0 radical (unpaired) electrons. The number of benzene rings is 1. The number of pyridine rings is 1. The summed E-state index contributed by atoms with van der Waals surface area (Å²) in [7, 11) is -2.88. The highest BCUT2D eigenvalue weighted by Crippen LogP contribution is 2.24. The monoisotopic (exact) mass is 290 g/mol. The average molecular weight is 290 g/mol. The minimum Gasteiger partial charge on any atom is -0.306 e. The van der Waals surface area contributed by atoms with E-state index in [1.54, 1.807) is 0 Å². The van der Waals surface area contributed by atoms with Crippen molar-refractivity contribution in [2.45, 2.75) is 25.4 Å². The molecule has 3 rings (SSSR count). The lowest BCUT2D eigenvalue weighted by molar-refractivity contribution is 0.396. The van der Waals surface area contributed by atoms with Gasteiger partial charge in [-0.15, -0.1) is 0 Å². The maximum Gasteiger partial charge on any atom is 0.152 e. The summed E-state index contributed by atoms with van der Waals surface area (Å²) in [5.74, 6) is 0.502. The minimum atomic E-state index is -2.88. The molecule has 4 nitrogen and oxygen atoms in total. The zero-order chi connectivity index (χ0) is 14.2. The second-order valence-corrected chi connectivity index (χ2v) is 7.96. The fourth-order valence-electron chi connectivity index (χ4n) is 2.78. The highest BCUT2D eigenvalue weighted by Gasteiger charge is 2.37. The van der Waals surface area contributed by atoms with Gasteiger partial charge in [0.15, 0.2) is 9.84 Å². The molecule has 1 aromatic carbocycles. The van der Waals surface area contributed by atoms with Crippen molar-refractivity contribution in [2.24, 2.45) is 0 Å². The van der Waals surface area contributed by atoms with E-state index in [4.69, 9.17) is 0 Å². The van der Waals surface area contributed by atoms with Crippen molar-refractivity contribution < 1.29 is 8.42 Å². The molecule has 106 valence electrons. The standard InChI is InChI=1S/C15H18N2O2S/c1-15(6-7-20(18,19)11-15)17-10-13-9-16-8-12-4-2-3-5-14(12)13/h2-5,8-9,17H,6-7,10-11H2,1H3. The molecule has 1 aromatic heterocycles. The van der Waals surface area contributed by atoms with E-state index in [0.717, 1.165) is 10.9 Å². The summed E-state index contributed by atoms with van der Waals surface area (Å²) in [6, 6.07) is 8.11. The van der Waals surface area contributed by atoms with Crippen molar-refractivity contribution in [3.05, 3.63) is 42.2 Å². The lowest BCUT2D eigenvalue weighted by Gasteiger charge is -2.24. The maximum atomic E-state index is 11.6. The molecular formula is C15H18N2O2S. The van der Waals surface area contributed by atoms with E-state index in [-0.39, 0.29) is 17.0 Å². The molecule has 0 aliphatic carbocycles. The van der Waals surface area contributed by atoms with E-state index < -0.39 is 9.84 Å². The van der Waals surface area contributed by atoms with Gasteiger partial charge in [0.2, 0.25) is 0 Å². The van der Waals surface area contributed by atoms with E-state index >= 15 is 0 Å². The Morgan fingerprint density at radius 1 is 1.30 bits per heavy atom. The molecule has 0 amide bonds. The zero-order valence-electron chi connectivity index (χ0n) is 11.5. The van der Waals surface area contributed by atoms with Gasteiger partial charge in [-0.3, -0.25) is 4.98 Å². The maximum absolute atomic E-state index is 11.6. The van der Waals surface area contributed by atoms with Gasteiger partial charge in [-0.2, -0.15) is 0 Å². The fraction of sp³-hybridized carbons (Fsp3) is 0.400. The normalized spacial score (nSPS) is 25.1. The van der Waals surface area contributed by atoms with E-state index in [2.05, 4.69) is 16.4 Å². The van der Waals surface area contributed by atoms with Crippen LogP contribution in [0.15, 0.2) is 36.7 Å². The molecule has 1 unspecified atom stereocenters. The third-order valence-electron chi connectivity index (χ3n) is 3.96. The first-order valence-electron chi connectivity index (χ1n) is 6.75. The second-order valence-electron chi connectivity index (χ2n) is 5.78. The van der Waals surface area contributed by atoms with Crippen LogP contribution in [0.3, 0.4) is 0 Å². The van der Waals surface area contributed by atoms with Crippen molar-refractivity contribution in [1.29, 1.82) is 0 Å². The van der Waals surface area contributed by atoms with Crippen LogP contribution in [0.25, 0.3) is 10.8 Å². The highest BCUT2D eigenvalue weighted by atomic mass is 32.2. The van der Waals surface area contributed by atoms with Crippen molar-refractivity contribution >= 4 is 20.6 Å². The SMILES string of the molecule is CC1(NCc2cncc3ccccc23)CCS(=O)(=O)C1. The molecule has 1 fully saturated rings. The first-order chi connectivity index (χ1) is 9.48. The Balaban J connectivity index is 1.81. The van der Waals surface area contributed by atoms with Crippen molar-refractivity contribution in [1.82, 2.24) is 10.3 Å². The van der Waals surface area contributed by atoms with Gasteiger partial charge in [-0.05, 0) is 24.3 Å². The number of sulfone groups is 1. The zero-order valence-corrected chi connectivity index (χ0v) is 12.3. The lowest BCUT2D eigenvalue weighted by atomic mass is 10.0. The van der Waals surface area contributed by atoms with E-state index in [1.807, 2.05) is 37.5 Å². The van der Waals surface area contributed by atoms with Crippen molar-refractivity contribution in [3.63, 3.8) is 0 Å². The Morgan fingerprint density at radius 3 is 2.85 bits per heavy atom. The van der Waals surface area contributed by atoms with Gasteiger partial charge in [-0.25, -0.2) is 8.42 Å². The Bertz CT molecular complexity index is 737. The molecule has 1 N–H and O–H groups in total. The average Bonchev–Trinajstić information content (AvgIpc) is 2.71. The summed E-state index contributed by atoms with van der Waals surface area (Å²) < 4.78 is 23.2. The molecule has 1 aliphatic heterocycles. The largest absolute Gasteiger partial charge is 0.306 e. The first kappa shape index (κ1) is 13.5. The van der Waals surface area contributed by atoms with Gasteiger partial charge in [0.25, 0.3) is 0 Å². The molecule has 1 saturated heterocycles. The summed E-state index contributed by atoms with van der Waals surface area (Å²) in [5.41, 5.74) is 0.782.